The Morgan fingerprint density at radius 1 is 1.45 bits per heavy atom. The molecule has 0 aliphatic rings. The third-order valence-electron chi connectivity index (χ3n) is 3.07. The van der Waals surface area contributed by atoms with Crippen molar-refractivity contribution >= 4 is 34.4 Å². The van der Waals surface area contributed by atoms with Crippen LogP contribution in [0.5, 0.6) is 0 Å². The molecule has 0 saturated carbocycles. The fraction of sp³-hybridized carbons (Fsp3) is 0.333. The predicted octanol–water partition coefficient (Wildman–Crippen LogP) is 4.04. The second-order valence-electron chi connectivity index (χ2n) is 4.71. The summed E-state index contributed by atoms with van der Waals surface area (Å²) in [6.45, 7) is 4.15. The molecule has 106 valence electrons. The second kappa shape index (κ2) is 6.81. The third kappa shape index (κ3) is 3.55. The zero-order valence-corrected chi connectivity index (χ0v) is 13.4. The van der Waals surface area contributed by atoms with Gasteiger partial charge in [0.1, 0.15) is 10.8 Å². The van der Waals surface area contributed by atoms with E-state index in [9.17, 15) is 0 Å². The van der Waals surface area contributed by atoms with E-state index in [0.717, 1.165) is 29.9 Å². The molecule has 0 aromatic carbocycles. The van der Waals surface area contributed by atoms with Gasteiger partial charge in [-0.25, -0.2) is 4.98 Å². The lowest BCUT2D eigenvalue weighted by molar-refractivity contribution is 0.684. The molecule has 1 atom stereocenters. The lowest BCUT2D eigenvalue weighted by atomic mass is 10.1. The molecular weight excluding hydrogens is 286 g/mol. The van der Waals surface area contributed by atoms with E-state index >= 15 is 0 Å². The maximum atomic E-state index is 5.79. The number of rotatable bonds is 6. The number of nitrogens with two attached hydrogens (primary N) is 1. The summed E-state index contributed by atoms with van der Waals surface area (Å²) >= 11 is 6.87. The fourth-order valence-corrected chi connectivity index (χ4v) is 3.07. The molecule has 0 fully saturated rings. The van der Waals surface area contributed by atoms with E-state index in [-0.39, 0.29) is 6.04 Å². The lowest BCUT2D eigenvalue weighted by Crippen LogP contribution is -2.17. The SMILES string of the molecule is CCCC(Nc1nc(C)ccc1C(N)=S)c1cccs1. The molecule has 0 bridgehead atoms. The zero-order valence-electron chi connectivity index (χ0n) is 11.7. The minimum Gasteiger partial charge on any atom is -0.389 e. The molecule has 0 spiro atoms. The van der Waals surface area contributed by atoms with Gasteiger partial charge in [0.25, 0.3) is 0 Å². The smallest absolute Gasteiger partial charge is 0.137 e. The maximum absolute atomic E-state index is 5.79. The largest absolute Gasteiger partial charge is 0.389 e. The van der Waals surface area contributed by atoms with Gasteiger partial charge in [-0.3, -0.25) is 0 Å². The van der Waals surface area contributed by atoms with Crippen molar-refractivity contribution in [3.05, 3.63) is 45.8 Å². The number of thiocarbonyl (C=S) groups is 1. The van der Waals surface area contributed by atoms with Crippen molar-refractivity contribution in [2.45, 2.75) is 32.7 Å². The average Bonchev–Trinajstić information content (AvgIpc) is 2.91. The summed E-state index contributed by atoms with van der Waals surface area (Å²) in [4.78, 5) is 6.24. The van der Waals surface area contributed by atoms with Crippen molar-refractivity contribution in [1.82, 2.24) is 4.98 Å². The summed E-state index contributed by atoms with van der Waals surface area (Å²) in [6.07, 6.45) is 2.15. The first-order valence-electron chi connectivity index (χ1n) is 6.69. The minimum atomic E-state index is 0.252. The first kappa shape index (κ1) is 14.9. The van der Waals surface area contributed by atoms with Gasteiger partial charge in [0.05, 0.1) is 11.6 Å². The Hall–Kier alpha value is -1.46. The number of hydrogen-bond acceptors (Lipinski definition) is 4. The Kier molecular flexibility index (Phi) is 5.09. The van der Waals surface area contributed by atoms with Crippen molar-refractivity contribution < 1.29 is 0 Å². The molecule has 3 nitrogen and oxygen atoms in total. The van der Waals surface area contributed by atoms with Crippen LogP contribution in [0.25, 0.3) is 0 Å². The Balaban J connectivity index is 2.30. The maximum Gasteiger partial charge on any atom is 0.137 e. The molecule has 0 aliphatic heterocycles. The van der Waals surface area contributed by atoms with Crippen LogP contribution >= 0.6 is 23.6 Å². The number of aromatic nitrogens is 1. The first-order valence-corrected chi connectivity index (χ1v) is 7.98. The molecule has 0 aliphatic carbocycles. The Morgan fingerprint density at radius 2 is 2.25 bits per heavy atom. The average molecular weight is 305 g/mol. The van der Waals surface area contributed by atoms with E-state index in [4.69, 9.17) is 18.0 Å². The predicted molar refractivity (Wildman–Crippen MR) is 90.5 cm³/mol. The van der Waals surface area contributed by atoms with Gasteiger partial charge in [-0.15, -0.1) is 11.3 Å². The van der Waals surface area contributed by atoms with Crippen LogP contribution in [0.4, 0.5) is 5.82 Å². The number of anilines is 1. The van der Waals surface area contributed by atoms with E-state index in [2.05, 4.69) is 34.7 Å². The molecule has 2 aromatic heterocycles. The van der Waals surface area contributed by atoms with Gasteiger partial charge in [0.15, 0.2) is 0 Å². The molecular formula is C15H19N3S2. The number of pyridine rings is 1. The normalized spacial score (nSPS) is 12.1. The summed E-state index contributed by atoms with van der Waals surface area (Å²) in [5.41, 5.74) is 7.55. The zero-order chi connectivity index (χ0) is 14.5. The van der Waals surface area contributed by atoms with Crippen molar-refractivity contribution in [3.8, 4) is 0 Å². The first-order chi connectivity index (χ1) is 9.61. The van der Waals surface area contributed by atoms with Crippen LogP contribution in [-0.4, -0.2) is 9.97 Å². The molecule has 0 radical (unpaired) electrons. The standard InChI is InChI=1S/C15H19N3S2/c1-3-5-12(13-6-4-9-20-13)18-15-11(14(16)19)8-7-10(2)17-15/h4,6-9,12H,3,5H2,1-2H3,(H2,16,19)(H,17,18). The quantitative estimate of drug-likeness (QED) is 0.791. The molecule has 2 heterocycles. The number of thiophene rings is 1. The molecule has 2 rings (SSSR count). The summed E-state index contributed by atoms with van der Waals surface area (Å²) in [7, 11) is 0. The molecule has 1 unspecified atom stereocenters. The van der Waals surface area contributed by atoms with E-state index < -0.39 is 0 Å². The van der Waals surface area contributed by atoms with Gasteiger partial charge in [-0.2, -0.15) is 0 Å². The van der Waals surface area contributed by atoms with Crippen LogP contribution in [0.3, 0.4) is 0 Å². The molecule has 5 heteroatoms. The number of aryl methyl sites for hydroxylation is 1. The summed E-state index contributed by atoms with van der Waals surface area (Å²) in [5.74, 6) is 0.782. The van der Waals surface area contributed by atoms with Gasteiger partial charge >= 0.3 is 0 Å². The van der Waals surface area contributed by atoms with Crippen LogP contribution in [0.1, 0.15) is 41.9 Å². The van der Waals surface area contributed by atoms with Gasteiger partial charge in [0.2, 0.25) is 0 Å². The van der Waals surface area contributed by atoms with Gasteiger partial charge in [-0.1, -0.05) is 31.6 Å². The van der Waals surface area contributed by atoms with Crippen LogP contribution in [0, 0.1) is 6.92 Å². The highest BCUT2D eigenvalue weighted by Gasteiger charge is 2.15. The van der Waals surface area contributed by atoms with E-state index in [0.29, 0.717) is 4.99 Å². The molecule has 2 aromatic rings. The highest BCUT2D eigenvalue weighted by molar-refractivity contribution is 7.80. The summed E-state index contributed by atoms with van der Waals surface area (Å²) in [5, 5.41) is 5.60. The fourth-order valence-electron chi connectivity index (χ4n) is 2.09. The Bertz CT molecular complexity index is 579. The van der Waals surface area contributed by atoms with Crippen LogP contribution < -0.4 is 11.1 Å². The summed E-state index contributed by atoms with van der Waals surface area (Å²) < 4.78 is 0. The molecule has 0 amide bonds. The minimum absolute atomic E-state index is 0.252. The lowest BCUT2D eigenvalue weighted by Gasteiger charge is -2.19. The molecule has 0 saturated heterocycles. The van der Waals surface area contributed by atoms with Gasteiger partial charge in [-0.05, 0) is 36.9 Å². The summed E-state index contributed by atoms with van der Waals surface area (Å²) in [6, 6.07) is 8.34. The van der Waals surface area contributed by atoms with Crippen molar-refractivity contribution in [2.24, 2.45) is 5.73 Å². The number of hydrogen-bond donors (Lipinski definition) is 2. The third-order valence-corrected chi connectivity index (χ3v) is 4.28. The van der Waals surface area contributed by atoms with Crippen LogP contribution in [0.2, 0.25) is 0 Å². The van der Waals surface area contributed by atoms with Crippen LogP contribution in [-0.2, 0) is 0 Å². The Morgan fingerprint density at radius 3 is 2.85 bits per heavy atom. The van der Waals surface area contributed by atoms with E-state index in [1.807, 2.05) is 19.1 Å². The van der Waals surface area contributed by atoms with Crippen LogP contribution in [0.15, 0.2) is 29.6 Å². The Labute approximate surface area is 129 Å². The highest BCUT2D eigenvalue weighted by atomic mass is 32.1. The van der Waals surface area contributed by atoms with E-state index in [1.165, 1.54) is 4.88 Å². The highest BCUT2D eigenvalue weighted by Crippen LogP contribution is 2.28. The number of nitrogens with one attached hydrogen (secondary N) is 1. The molecule has 20 heavy (non-hydrogen) atoms. The number of nitrogens with zero attached hydrogens (tertiary/aromatic N) is 1. The van der Waals surface area contributed by atoms with Crippen molar-refractivity contribution in [2.75, 3.05) is 5.32 Å². The monoisotopic (exact) mass is 305 g/mol. The van der Waals surface area contributed by atoms with Gasteiger partial charge in [0, 0.05) is 10.6 Å². The second-order valence-corrected chi connectivity index (χ2v) is 6.13. The van der Waals surface area contributed by atoms with Crippen molar-refractivity contribution in [3.63, 3.8) is 0 Å². The topological polar surface area (TPSA) is 50.9 Å². The van der Waals surface area contributed by atoms with Gasteiger partial charge < -0.3 is 11.1 Å². The van der Waals surface area contributed by atoms with Crippen molar-refractivity contribution in [1.29, 1.82) is 0 Å². The molecule has 3 N–H and O–H groups in total. The van der Waals surface area contributed by atoms with E-state index in [1.54, 1.807) is 11.3 Å².